The molecular formula is C39H60N6O25. The van der Waals surface area contributed by atoms with E-state index < -0.39 is 190 Å². The van der Waals surface area contributed by atoms with E-state index in [4.69, 9.17) is 42.6 Å². The molecule has 9 unspecified atom stereocenters. The van der Waals surface area contributed by atoms with Crippen LogP contribution in [-0.4, -0.2) is 259 Å². The van der Waals surface area contributed by atoms with Crippen LogP contribution in [-0.2, 0) is 77.8 Å². The SMILES string of the molecule is CO[C@@H]1OC(CO)[C@@H](O)[C@H](O[C@@H]2OC(C(=O)O)[C@@H](O[C@@H]3OC(CO)[C@@H](O)[C@H](OC4OC(C(=O)NCCC(=O)NC(Cc5c[nH]cn5)C(=O)O)[C@@H](OC)[C@H](O)[C@@H]4O)C3NC(C)=O)[C@H](O)C2O)C1NC(C)=O. The van der Waals surface area contributed by atoms with Gasteiger partial charge in [-0.05, 0) is 0 Å². The summed E-state index contributed by atoms with van der Waals surface area (Å²) in [5, 5.41) is 117. The zero-order valence-corrected chi connectivity index (χ0v) is 37.9. The largest absolute Gasteiger partial charge is 0.480 e. The second kappa shape index (κ2) is 25.1. The highest BCUT2D eigenvalue weighted by Crippen LogP contribution is 2.35. The van der Waals surface area contributed by atoms with E-state index in [1.807, 2.05) is 0 Å². The van der Waals surface area contributed by atoms with Gasteiger partial charge in [0.25, 0.3) is 5.91 Å². The number of aliphatic carboxylic acids is 2. The maximum atomic E-state index is 13.5. The Morgan fingerprint density at radius 3 is 1.66 bits per heavy atom. The molecule has 4 aliphatic rings. The third-order valence-corrected chi connectivity index (χ3v) is 11.7. The number of carboxylic acid groups (broad SMARTS) is 2. The Bertz CT molecular complexity index is 1920. The normalized spacial score (nSPS) is 38.2. The fraction of sp³-hybridized carbons (Fsp3) is 0.769. The second-order valence-electron chi connectivity index (χ2n) is 16.5. The van der Waals surface area contributed by atoms with Crippen molar-refractivity contribution >= 4 is 35.6 Å². The van der Waals surface area contributed by atoms with Gasteiger partial charge in [-0.3, -0.25) is 19.2 Å². The zero-order valence-electron chi connectivity index (χ0n) is 37.9. The first-order valence-electron chi connectivity index (χ1n) is 21.6. The van der Waals surface area contributed by atoms with Crippen molar-refractivity contribution in [2.75, 3.05) is 34.0 Å². The molecule has 70 heavy (non-hydrogen) atoms. The second-order valence-corrected chi connectivity index (χ2v) is 16.5. The highest BCUT2D eigenvalue weighted by atomic mass is 16.8. The Balaban J connectivity index is 1.33. The number of nitrogens with zero attached hydrogens (tertiary/aromatic N) is 1. The number of amides is 4. The molecule has 0 saturated carbocycles. The molecule has 31 heteroatoms. The molecule has 4 amide bonds. The van der Waals surface area contributed by atoms with Crippen LogP contribution in [0.25, 0.3) is 0 Å². The third kappa shape index (κ3) is 13.2. The number of rotatable bonds is 21. The fourth-order valence-corrected chi connectivity index (χ4v) is 8.22. The van der Waals surface area contributed by atoms with Gasteiger partial charge >= 0.3 is 11.9 Å². The van der Waals surface area contributed by atoms with Gasteiger partial charge in [0.15, 0.2) is 37.4 Å². The predicted octanol–water partition coefficient (Wildman–Crippen LogP) is -9.01. The van der Waals surface area contributed by atoms with Crippen LogP contribution in [0.1, 0.15) is 26.0 Å². The van der Waals surface area contributed by atoms with Gasteiger partial charge in [0.1, 0.15) is 91.4 Å². The minimum Gasteiger partial charge on any atom is -0.480 e. The van der Waals surface area contributed by atoms with E-state index in [-0.39, 0.29) is 6.42 Å². The van der Waals surface area contributed by atoms with Crippen molar-refractivity contribution in [3.05, 3.63) is 18.2 Å². The summed E-state index contributed by atoms with van der Waals surface area (Å²) in [6.45, 7) is -0.155. The summed E-state index contributed by atoms with van der Waals surface area (Å²) < 4.78 is 50.5. The molecule has 4 saturated heterocycles. The lowest BCUT2D eigenvalue weighted by Crippen LogP contribution is -2.71. The minimum atomic E-state index is -2.31. The van der Waals surface area contributed by atoms with E-state index in [1.54, 1.807) is 0 Å². The minimum absolute atomic E-state index is 0.157. The number of imidazole rings is 1. The Labute approximate surface area is 396 Å². The molecule has 15 N–H and O–H groups in total. The van der Waals surface area contributed by atoms with Crippen LogP contribution in [0.5, 0.6) is 0 Å². The van der Waals surface area contributed by atoms with Gasteiger partial charge in [0.05, 0.1) is 25.2 Å². The average Bonchev–Trinajstić information content (AvgIpc) is 3.83. The van der Waals surface area contributed by atoms with Gasteiger partial charge in [0, 0.05) is 53.7 Å². The molecule has 31 nitrogen and oxygen atoms in total. The number of hydrogen-bond acceptors (Lipinski definition) is 24. The molecule has 0 radical (unpaired) electrons. The molecule has 0 aliphatic carbocycles. The molecule has 21 atom stereocenters. The summed E-state index contributed by atoms with van der Waals surface area (Å²) in [6, 6.07) is -4.55. The number of aliphatic hydroxyl groups excluding tert-OH is 8. The van der Waals surface area contributed by atoms with Crippen molar-refractivity contribution in [3.63, 3.8) is 0 Å². The first-order chi connectivity index (χ1) is 33.1. The molecule has 396 valence electrons. The Kier molecular flexibility index (Phi) is 20.2. The van der Waals surface area contributed by atoms with E-state index in [0.717, 1.165) is 21.0 Å². The maximum Gasteiger partial charge on any atom is 0.335 e. The average molecular weight is 1010 g/mol. The third-order valence-electron chi connectivity index (χ3n) is 11.7. The van der Waals surface area contributed by atoms with Crippen molar-refractivity contribution in [1.29, 1.82) is 0 Å². The molecular weight excluding hydrogens is 952 g/mol. The Morgan fingerprint density at radius 1 is 0.671 bits per heavy atom. The van der Waals surface area contributed by atoms with Crippen molar-refractivity contribution in [3.8, 4) is 0 Å². The van der Waals surface area contributed by atoms with Crippen molar-refractivity contribution < 1.29 is 122 Å². The van der Waals surface area contributed by atoms with Gasteiger partial charge < -0.3 is 120 Å². The van der Waals surface area contributed by atoms with Crippen molar-refractivity contribution in [1.82, 2.24) is 31.2 Å². The summed E-state index contributed by atoms with van der Waals surface area (Å²) >= 11 is 0. The van der Waals surface area contributed by atoms with E-state index in [1.165, 1.54) is 19.6 Å². The first-order valence-corrected chi connectivity index (χ1v) is 21.6. The summed E-state index contributed by atoms with van der Waals surface area (Å²) in [7, 11) is 2.23. The molecule has 0 aromatic carbocycles. The van der Waals surface area contributed by atoms with Crippen LogP contribution >= 0.6 is 0 Å². The van der Waals surface area contributed by atoms with Gasteiger partial charge in [-0.25, -0.2) is 14.6 Å². The molecule has 1 aromatic heterocycles. The van der Waals surface area contributed by atoms with E-state index >= 15 is 0 Å². The summed E-state index contributed by atoms with van der Waals surface area (Å²) in [5.41, 5.74) is 0.351. The molecule has 4 aliphatic heterocycles. The lowest BCUT2D eigenvalue weighted by Gasteiger charge is -2.50. The number of H-pyrrole nitrogens is 1. The predicted molar refractivity (Wildman–Crippen MR) is 220 cm³/mol. The number of ether oxygens (including phenoxy) is 9. The number of aliphatic hydroxyl groups is 8. The highest BCUT2D eigenvalue weighted by molar-refractivity contribution is 5.85. The summed E-state index contributed by atoms with van der Waals surface area (Å²) in [5.74, 6) is -6.58. The van der Waals surface area contributed by atoms with Gasteiger partial charge in [-0.1, -0.05) is 0 Å². The fourth-order valence-electron chi connectivity index (χ4n) is 8.22. The lowest BCUT2D eigenvalue weighted by atomic mass is 9.94. The zero-order chi connectivity index (χ0) is 51.7. The number of nitrogens with one attached hydrogen (secondary N) is 5. The topological polar surface area (TPSA) is 465 Å². The van der Waals surface area contributed by atoms with Gasteiger partial charge in [0.2, 0.25) is 17.7 Å². The summed E-state index contributed by atoms with van der Waals surface area (Å²) in [6.07, 6.45) is -32.5. The van der Waals surface area contributed by atoms with Gasteiger partial charge in [-0.15, -0.1) is 0 Å². The van der Waals surface area contributed by atoms with Crippen LogP contribution in [0, 0.1) is 0 Å². The van der Waals surface area contributed by atoms with Crippen LogP contribution in [0.2, 0.25) is 0 Å². The quantitative estimate of drug-likeness (QED) is 0.0544. The van der Waals surface area contributed by atoms with E-state index in [9.17, 15) is 79.8 Å². The maximum absolute atomic E-state index is 13.5. The lowest BCUT2D eigenvalue weighted by molar-refractivity contribution is -0.369. The number of carbonyl (C=O) groups is 6. The number of methoxy groups -OCH3 is 2. The van der Waals surface area contributed by atoms with Crippen LogP contribution in [0.4, 0.5) is 0 Å². The van der Waals surface area contributed by atoms with E-state index in [2.05, 4.69) is 31.2 Å². The Morgan fingerprint density at radius 2 is 1.19 bits per heavy atom. The van der Waals surface area contributed by atoms with Gasteiger partial charge in [-0.2, -0.15) is 0 Å². The molecule has 1 aromatic rings. The van der Waals surface area contributed by atoms with E-state index in [0.29, 0.717) is 5.69 Å². The summed E-state index contributed by atoms with van der Waals surface area (Å²) in [4.78, 5) is 82.0. The van der Waals surface area contributed by atoms with Crippen molar-refractivity contribution in [2.24, 2.45) is 0 Å². The smallest absolute Gasteiger partial charge is 0.335 e. The molecule has 4 fully saturated rings. The number of carbonyl (C=O) groups excluding carboxylic acids is 4. The molecule has 0 bridgehead atoms. The first kappa shape index (κ1) is 56.3. The molecule has 5 rings (SSSR count). The van der Waals surface area contributed by atoms with Crippen molar-refractivity contribution in [2.45, 2.75) is 155 Å². The van der Waals surface area contributed by atoms with Crippen LogP contribution < -0.4 is 21.3 Å². The van der Waals surface area contributed by atoms with Crippen LogP contribution in [0.15, 0.2) is 12.5 Å². The number of aromatic nitrogens is 2. The Hall–Kier alpha value is -4.65. The molecule has 0 spiro atoms. The molecule has 5 heterocycles. The monoisotopic (exact) mass is 1010 g/mol. The highest BCUT2D eigenvalue weighted by Gasteiger charge is 2.58. The standard InChI is InChI=1S/C39H60N6O25/c1-12(48)43-19-27(21(51)16(9-46)64-36(19)63-4)66-39-26(56)24(54)30(32(70-39)35(60)61)68-37-20(44-13(2)49)28(22(52)17(10-47)65-37)67-38-25(55)23(53)29(62-3)31(69-38)33(57)41-6-5-18(50)45-15(34(58)59)7-14-8-40-11-42-14/h8,11,15-17,19-32,36-39,46-47,51-56H,5-7,9-10H2,1-4H3,(H,40,42)(H,41,57)(H,43,48)(H,44,49)(H,45,50)(H,58,59)(H,60,61)/t15?,16?,17?,19?,20?,21-,22-,23-,24-,25+,26?,27-,28-,29+,30+,31?,32?,36-,37+,38?,39-/m1/s1. The number of hydrogen-bond donors (Lipinski definition) is 15. The number of carboxylic acids is 2. The van der Waals surface area contributed by atoms with Crippen LogP contribution in [0.3, 0.4) is 0 Å². The number of aromatic amines is 1.